The van der Waals surface area contributed by atoms with Gasteiger partial charge in [0.25, 0.3) is 0 Å². The normalized spacial score (nSPS) is 20.0. The topological polar surface area (TPSA) is 104 Å². The van der Waals surface area contributed by atoms with Crippen LogP contribution in [0.15, 0.2) is 53.4 Å². The van der Waals surface area contributed by atoms with Crippen molar-refractivity contribution in [3.8, 4) is 0 Å². The number of hydrogen-bond donors (Lipinski definition) is 1. The molecule has 0 spiro atoms. The first-order valence-corrected chi connectivity index (χ1v) is 12.2. The molecule has 1 atom stereocenters. The van der Waals surface area contributed by atoms with E-state index in [4.69, 9.17) is 17.3 Å². The summed E-state index contributed by atoms with van der Waals surface area (Å²) in [5.74, 6) is -0.603. The van der Waals surface area contributed by atoms with E-state index in [-0.39, 0.29) is 48.5 Å². The smallest absolute Gasteiger partial charge is 0.244 e. The fourth-order valence-electron chi connectivity index (χ4n) is 4.27. The maximum atomic E-state index is 13.0. The first-order chi connectivity index (χ1) is 15.3. The van der Waals surface area contributed by atoms with Crippen LogP contribution in [0.3, 0.4) is 0 Å². The van der Waals surface area contributed by atoms with Crippen LogP contribution >= 0.6 is 11.6 Å². The second kappa shape index (κ2) is 9.19. The first kappa shape index (κ1) is 22.7. The van der Waals surface area contributed by atoms with E-state index in [2.05, 4.69) is 0 Å². The molecule has 32 heavy (non-hydrogen) atoms. The number of fused-ring (bicyclic) bond motifs is 1. The number of carbonyl (C=O) groups excluding carboxylic acids is 2. The highest BCUT2D eigenvalue weighted by molar-refractivity contribution is 7.89. The molecule has 2 aliphatic heterocycles. The summed E-state index contributed by atoms with van der Waals surface area (Å²) in [6, 6.07) is 13.6. The summed E-state index contributed by atoms with van der Waals surface area (Å²) in [7, 11) is -3.73. The molecule has 2 heterocycles. The zero-order valence-electron chi connectivity index (χ0n) is 17.5. The van der Waals surface area contributed by atoms with Gasteiger partial charge in [0.15, 0.2) is 0 Å². The predicted octanol–water partition coefficient (Wildman–Crippen LogP) is 1.09. The second-order valence-corrected chi connectivity index (χ2v) is 10.3. The summed E-state index contributed by atoms with van der Waals surface area (Å²) in [6.45, 7) is 1.43. The number of carbonyl (C=O) groups is 2. The van der Waals surface area contributed by atoms with E-state index in [0.717, 1.165) is 11.1 Å². The lowest BCUT2D eigenvalue weighted by molar-refractivity contribution is -0.136. The lowest BCUT2D eigenvalue weighted by atomic mass is 9.93. The van der Waals surface area contributed by atoms with Crippen molar-refractivity contribution in [1.29, 1.82) is 0 Å². The zero-order chi connectivity index (χ0) is 22.9. The fourth-order valence-corrected chi connectivity index (χ4v) is 6.18. The predicted molar refractivity (Wildman–Crippen MR) is 120 cm³/mol. The van der Waals surface area contributed by atoms with Crippen molar-refractivity contribution in [1.82, 2.24) is 14.1 Å². The van der Waals surface area contributed by atoms with Crippen molar-refractivity contribution in [2.24, 2.45) is 5.73 Å². The maximum Gasteiger partial charge on any atom is 0.244 e. The Morgan fingerprint density at radius 1 is 0.969 bits per heavy atom. The zero-order valence-corrected chi connectivity index (χ0v) is 19.1. The van der Waals surface area contributed by atoms with Gasteiger partial charge in [-0.3, -0.25) is 14.5 Å². The number of nitrogens with zero attached hydrogens (tertiary/aromatic N) is 3. The summed E-state index contributed by atoms with van der Waals surface area (Å²) in [5.41, 5.74) is 7.76. The fraction of sp³-hybridized carbons (Fsp3) is 0.364. The number of hydrogen-bond acceptors (Lipinski definition) is 5. The molecule has 4 rings (SSSR count). The molecule has 10 heteroatoms. The summed E-state index contributed by atoms with van der Waals surface area (Å²) in [6.07, 6.45) is 0.475. The molecule has 0 bridgehead atoms. The number of nitrogens with two attached hydrogens (primary N) is 1. The number of benzene rings is 2. The van der Waals surface area contributed by atoms with Crippen LogP contribution in [0.4, 0.5) is 0 Å². The molecule has 2 aromatic rings. The molecule has 1 saturated heterocycles. The lowest BCUT2D eigenvalue weighted by Gasteiger charge is -2.38. The number of piperazine rings is 1. The van der Waals surface area contributed by atoms with Gasteiger partial charge >= 0.3 is 0 Å². The van der Waals surface area contributed by atoms with Crippen LogP contribution in [0.5, 0.6) is 0 Å². The number of amides is 2. The molecule has 170 valence electrons. The minimum absolute atomic E-state index is 0.0548. The Hall–Kier alpha value is -2.46. The Kier molecular flexibility index (Phi) is 6.52. The Balaban J connectivity index is 1.40. The molecule has 0 aromatic heterocycles. The van der Waals surface area contributed by atoms with E-state index in [9.17, 15) is 18.0 Å². The third-order valence-electron chi connectivity index (χ3n) is 6.06. The summed E-state index contributed by atoms with van der Waals surface area (Å²) < 4.78 is 27.2. The Morgan fingerprint density at radius 3 is 2.25 bits per heavy atom. The van der Waals surface area contributed by atoms with Gasteiger partial charge in [-0.05, 0) is 29.7 Å². The summed E-state index contributed by atoms with van der Waals surface area (Å²) in [5, 5.41) is 0.175. The first-order valence-electron chi connectivity index (χ1n) is 10.4. The van der Waals surface area contributed by atoms with Gasteiger partial charge in [0.2, 0.25) is 21.8 Å². The molecule has 0 radical (unpaired) electrons. The van der Waals surface area contributed by atoms with Crippen molar-refractivity contribution in [2.45, 2.75) is 23.9 Å². The van der Waals surface area contributed by atoms with Crippen LogP contribution in [-0.4, -0.2) is 73.1 Å². The molecule has 2 amide bonds. The highest BCUT2D eigenvalue weighted by atomic mass is 35.5. The Bertz CT molecular complexity index is 1130. The van der Waals surface area contributed by atoms with Crippen molar-refractivity contribution in [3.05, 3.63) is 64.7 Å². The highest BCUT2D eigenvalue weighted by Crippen LogP contribution is 2.26. The summed E-state index contributed by atoms with van der Waals surface area (Å²) >= 11 is 6.08. The molecule has 2 aromatic carbocycles. The van der Waals surface area contributed by atoms with Gasteiger partial charge in [-0.1, -0.05) is 48.0 Å². The number of sulfonamides is 1. The summed E-state index contributed by atoms with van der Waals surface area (Å²) in [4.78, 5) is 28.5. The molecule has 1 fully saturated rings. The SMILES string of the molecule is NC(=O)C1Cc2ccccc2CN1CC(=O)N1CCN(S(=O)(=O)c2ccccc2Cl)CC1. The van der Waals surface area contributed by atoms with E-state index in [1.165, 1.54) is 10.4 Å². The molecule has 8 nitrogen and oxygen atoms in total. The van der Waals surface area contributed by atoms with Crippen LogP contribution in [0.1, 0.15) is 11.1 Å². The monoisotopic (exact) mass is 476 g/mol. The van der Waals surface area contributed by atoms with Crippen molar-refractivity contribution < 1.29 is 18.0 Å². The number of halogens is 1. The minimum atomic E-state index is -3.73. The van der Waals surface area contributed by atoms with Gasteiger partial charge in [-0.15, -0.1) is 0 Å². The Labute approximate surface area is 192 Å². The molecular weight excluding hydrogens is 452 g/mol. The van der Waals surface area contributed by atoms with Crippen LogP contribution in [0.25, 0.3) is 0 Å². The maximum absolute atomic E-state index is 13.0. The Morgan fingerprint density at radius 2 is 1.59 bits per heavy atom. The molecular formula is C22H25ClN4O4S. The van der Waals surface area contributed by atoms with E-state index in [1.807, 2.05) is 24.3 Å². The molecule has 0 saturated carbocycles. The van der Waals surface area contributed by atoms with Gasteiger partial charge < -0.3 is 10.6 Å². The molecule has 2 aliphatic rings. The lowest BCUT2D eigenvalue weighted by Crippen LogP contribution is -2.55. The van der Waals surface area contributed by atoms with E-state index in [0.29, 0.717) is 13.0 Å². The average Bonchev–Trinajstić information content (AvgIpc) is 2.78. The van der Waals surface area contributed by atoms with E-state index >= 15 is 0 Å². The third kappa shape index (κ3) is 4.52. The number of primary amides is 1. The van der Waals surface area contributed by atoms with Gasteiger partial charge in [-0.2, -0.15) is 4.31 Å². The van der Waals surface area contributed by atoms with Crippen LogP contribution in [0, 0.1) is 0 Å². The molecule has 1 unspecified atom stereocenters. The average molecular weight is 477 g/mol. The third-order valence-corrected chi connectivity index (χ3v) is 8.46. The van der Waals surface area contributed by atoms with Crippen LogP contribution in [0.2, 0.25) is 5.02 Å². The quantitative estimate of drug-likeness (QED) is 0.695. The van der Waals surface area contributed by atoms with Gasteiger partial charge in [0.05, 0.1) is 17.6 Å². The minimum Gasteiger partial charge on any atom is -0.368 e. The molecule has 2 N–H and O–H groups in total. The highest BCUT2D eigenvalue weighted by Gasteiger charge is 2.35. The van der Waals surface area contributed by atoms with Gasteiger partial charge in [0.1, 0.15) is 4.90 Å². The van der Waals surface area contributed by atoms with Crippen molar-refractivity contribution >= 4 is 33.4 Å². The standard InChI is InChI=1S/C22H25ClN4O4S/c23-18-7-3-4-8-20(18)32(30,31)27-11-9-25(10-12-27)21(28)15-26-14-17-6-2-1-5-16(17)13-19(26)22(24)29/h1-8,19H,9-15H2,(H2,24,29). The molecule has 0 aliphatic carbocycles. The van der Waals surface area contributed by atoms with Crippen LogP contribution in [-0.2, 0) is 32.6 Å². The second-order valence-electron chi connectivity index (χ2n) is 8.01. The van der Waals surface area contributed by atoms with Crippen LogP contribution < -0.4 is 5.73 Å². The van der Waals surface area contributed by atoms with E-state index < -0.39 is 22.0 Å². The van der Waals surface area contributed by atoms with Crippen molar-refractivity contribution in [2.75, 3.05) is 32.7 Å². The number of rotatable bonds is 5. The van der Waals surface area contributed by atoms with Crippen molar-refractivity contribution in [3.63, 3.8) is 0 Å². The van der Waals surface area contributed by atoms with Gasteiger partial charge in [-0.25, -0.2) is 8.42 Å². The largest absolute Gasteiger partial charge is 0.368 e. The van der Waals surface area contributed by atoms with Gasteiger partial charge in [0, 0.05) is 32.7 Å². The van der Waals surface area contributed by atoms with E-state index in [1.54, 1.807) is 28.0 Å².